The molecule has 4 heteroatoms. The summed E-state index contributed by atoms with van der Waals surface area (Å²) in [5, 5.41) is 2.89. The molecule has 1 N–H and O–H groups in total. The van der Waals surface area contributed by atoms with Crippen molar-refractivity contribution in [2.24, 2.45) is 5.92 Å². The van der Waals surface area contributed by atoms with Crippen LogP contribution in [-0.2, 0) is 16.1 Å². The second-order valence-corrected chi connectivity index (χ2v) is 5.31. The first-order valence-corrected chi connectivity index (χ1v) is 6.74. The van der Waals surface area contributed by atoms with Crippen LogP contribution in [-0.4, -0.2) is 24.8 Å². The smallest absolute Gasteiger partial charge is 0.407 e. The Morgan fingerprint density at radius 1 is 1.42 bits per heavy atom. The minimum atomic E-state index is -0.370. The summed E-state index contributed by atoms with van der Waals surface area (Å²) in [6, 6.07) is 9.72. The Balaban J connectivity index is 1.76. The average Bonchev–Trinajstić information content (AvgIpc) is 3.20. The number of carbonyl (C=O) groups excluding carboxylic acids is 1. The maximum Gasteiger partial charge on any atom is 0.407 e. The Kier molecular flexibility index (Phi) is 4.80. The van der Waals surface area contributed by atoms with E-state index >= 15 is 0 Å². The summed E-state index contributed by atoms with van der Waals surface area (Å²) < 4.78 is 10.5. The molecule has 19 heavy (non-hydrogen) atoms. The van der Waals surface area contributed by atoms with E-state index < -0.39 is 0 Å². The normalized spacial score (nSPS) is 19.0. The summed E-state index contributed by atoms with van der Waals surface area (Å²) in [6.45, 7) is 5.29. The van der Waals surface area contributed by atoms with Crippen molar-refractivity contribution in [2.45, 2.75) is 39.0 Å². The van der Waals surface area contributed by atoms with Gasteiger partial charge in [0.1, 0.15) is 12.7 Å². The lowest BCUT2D eigenvalue weighted by Gasteiger charge is -2.18. The van der Waals surface area contributed by atoms with Gasteiger partial charge >= 0.3 is 6.09 Å². The van der Waals surface area contributed by atoms with Crippen LogP contribution in [0.15, 0.2) is 30.3 Å². The van der Waals surface area contributed by atoms with Crippen LogP contribution in [0.5, 0.6) is 0 Å². The van der Waals surface area contributed by atoms with Crippen LogP contribution in [0.2, 0.25) is 0 Å². The van der Waals surface area contributed by atoms with E-state index in [1.807, 2.05) is 30.3 Å². The number of epoxide rings is 1. The number of ether oxygens (including phenoxy) is 2. The van der Waals surface area contributed by atoms with E-state index in [1.54, 1.807) is 0 Å². The Morgan fingerprint density at radius 3 is 2.68 bits per heavy atom. The summed E-state index contributed by atoms with van der Waals surface area (Å²) in [5.74, 6) is 0.517. The van der Waals surface area contributed by atoms with Crippen LogP contribution in [0, 0.1) is 5.92 Å². The summed E-state index contributed by atoms with van der Waals surface area (Å²) >= 11 is 0. The molecule has 1 saturated heterocycles. The number of nitrogens with one attached hydrogen (secondary N) is 1. The molecule has 0 aliphatic carbocycles. The number of hydrogen-bond acceptors (Lipinski definition) is 3. The van der Waals surface area contributed by atoms with Crippen LogP contribution in [0.1, 0.15) is 25.8 Å². The van der Waals surface area contributed by atoms with E-state index in [0.717, 1.165) is 18.6 Å². The van der Waals surface area contributed by atoms with E-state index in [-0.39, 0.29) is 18.2 Å². The molecule has 1 aromatic carbocycles. The summed E-state index contributed by atoms with van der Waals surface area (Å²) in [5.41, 5.74) is 0.987. The fourth-order valence-electron chi connectivity index (χ4n) is 2.02. The molecule has 2 rings (SSSR count). The van der Waals surface area contributed by atoms with Gasteiger partial charge in [-0.1, -0.05) is 44.2 Å². The van der Waals surface area contributed by atoms with Gasteiger partial charge < -0.3 is 14.8 Å². The van der Waals surface area contributed by atoms with Crippen LogP contribution in [0.3, 0.4) is 0 Å². The van der Waals surface area contributed by atoms with Crippen LogP contribution in [0.25, 0.3) is 0 Å². The molecule has 1 aliphatic heterocycles. The quantitative estimate of drug-likeness (QED) is 0.803. The molecular weight excluding hydrogens is 242 g/mol. The molecule has 1 unspecified atom stereocenters. The molecule has 1 aliphatic rings. The first-order valence-electron chi connectivity index (χ1n) is 6.74. The highest BCUT2D eigenvalue weighted by Crippen LogP contribution is 2.20. The third-order valence-electron chi connectivity index (χ3n) is 3.05. The standard InChI is InChI=1S/C15H21NO3/c1-11(2)8-13(14-10-18-14)16-15(17)19-9-12-6-4-3-5-7-12/h3-7,11,13-14H,8-10H2,1-2H3,(H,16,17)/t13-,14?/m0/s1. The number of alkyl carbamates (subject to hydrolysis) is 1. The van der Waals surface area contributed by atoms with Crippen molar-refractivity contribution < 1.29 is 14.3 Å². The van der Waals surface area contributed by atoms with E-state index in [1.165, 1.54) is 0 Å². The van der Waals surface area contributed by atoms with Gasteiger partial charge in [-0.15, -0.1) is 0 Å². The number of hydrogen-bond donors (Lipinski definition) is 1. The molecule has 0 saturated carbocycles. The number of benzene rings is 1. The lowest BCUT2D eigenvalue weighted by Crippen LogP contribution is -2.40. The van der Waals surface area contributed by atoms with Gasteiger partial charge in [0.2, 0.25) is 0 Å². The van der Waals surface area contributed by atoms with Crippen molar-refractivity contribution in [3.8, 4) is 0 Å². The Hall–Kier alpha value is -1.55. The SMILES string of the molecule is CC(C)C[C@H](NC(=O)OCc1ccccc1)C1CO1. The monoisotopic (exact) mass is 263 g/mol. The largest absolute Gasteiger partial charge is 0.445 e. The highest BCUT2D eigenvalue weighted by Gasteiger charge is 2.34. The molecule has 0 bridgehead atoms. The van der Waals surface area contributed by atoms with Crippen molar-refractivity contribution in [1.29, 1.82) is 0 Å². The maximum atomic E-state index is 11.8. The van der Waals surface area contributed by atoms with Crippen molar-refractivity contribution in [3.05, 3.63) is 35.9 Å². The molecule has 1 amide bonds. The topological polar surface area (TPSA) is 50.9 Å². The van der Waals surface area contributed by atoms with Crippen molar-refractivity contribution >= 4 is 6.09 Å². The molecule has 104 valence electrons. The minimum absolute atomic E-state index is 0.0586. The Morgan fingerprint density at radius 2 is 2.11 bits per heavy atom. The van der Waals surface area contributed by atoms with Gasteiger partial charge in [-0.3, -0.25) is 0 Å². The van der Waals surface area contributed by atoms with E-state index in [9.17, 15) is 4.79 Å². The van der Waals surface area contributed by atoms with E-state index in [4.69, 9.17) is 9.47 Å². The van der Waals surface area contributed by atoms with Gasteiger partial charge in [-0.05, 0) is 17.9 Å². The average molecular weight is 263 g/mol. The summed E-state index contributed by atoms with van der Waals surface area (Å²) in [7, 11) is 0. The minimum Gasteiger partial charge on any atom is -0.445 e. The van der Waals surface area contributed by atoms with Gasteiger partial charge in [0.15, 0.2) is 0 Å². The van der Waals surface area contributed by atoms with E-state index in [0.29, 0.717) is 12.5 Å². The molecule has 1 fully saturated rings. The predicted molar refractivity (Wildman–Crippen MR) is 72.7 cm³/mol. The van der Waals surface area contributed by atoms with Crippen LogP contribution >= 0.6 is 0 Å². The lowest BCUT2D eigenvalue weighted by molar-refractivity contribution is 0.131. The van der Waals surface area contributed by atoms with Crippen LogP contribution in [0.4, 0.5) is 4.79 Å². The maximum absolute atomic E-state index is 11.8. The second kappa shape index (κ2) is 6.57. The molecule has 1 aromatic rings. The molecule has 0 spiro atoms. The third kappa shape index (κ3) is 4.91. The number of carbonyl (C=O) groups is 1. The van der Waals surface area contributed by atoms with Crippen molar-refractivity contribution in [1.82, 2.24) is 5.32 Å². The zero-order chi connectivity index (χ0) is 13.7. The fraction of sp³-hybridized carbons (Fsp3) is 0.533. The molecule has 0 aromatic heterocycles. The third-order valence-corrected chi connectivity index (χ3v) is 3.05. The zero-order valence-electron chi connectivity index (χ0n) is 11.5. The first-order chi connectivity index (χ1) is 9.15. The zero-order valence-corrected chi connectivity index (χ0v) is 11.5. The molecule has 0 radical (unpaired) electrons. The highest BCUT2D eigenvalue weighted by molar-refractivity contribution is 5.67. The van der Waals surface area contributed by atoms with Crippen molar-refractivity contribution in [3.63, 3.8) is 0 Å². The Labute approximate surface area is 114 Å². The number of rotatable bonds is 6. The molecule has 1 heterocycles. The van der Waals surface area contributed by atoms with Gasteiger partial charge in [0.05, 0.1) is 12.6 Å². The fourth-order valence-corrected chi connectivity index (χ4v) is 2.02. The molecular formula is C15H21NO3. The lowest BCUT2D eigenvalue weighted by atomic mass is 10.0. The first kappa shape index (κ1) is 13.9. The summed E-state index contributed by atoms with van der Waals surface area (Å²) in [4.78, 5) is 11.8. The second-order valence-electron chi connectivity index (χ2n) is 5.31. The predicted octanol–water partition coefficient (Wildman–Crippen LogP) is 2.73. The summed E-state index contributed by atoms with van der Waals surface area (Å²) in [6.07, 6.45) is 0.696. The van der Waals surface area contributed by atoms with E-state index in [2.05, 4.69) is 19.2 Å². The van der Waals surface area contributed by atoms with Gasteiger partial charge in [0, 0.05) is 0 Å². The van der Waals surface area contributed by atoms with Gasteiger partial charge in [0.25, 0.3) is 0 Å². The molecule has 2 atom stereocenters. The Bertz CT molecular complexity index is 401. The van der Waals surface area contributed by atoms with Gasteiger partial charge in [-0.2, -0.15) is 0 Å². The van der Waals surface area contributed by atoms with Gasteiger partial charge in [-0.25, -0.2) is 4.79 Å². The highest BCUT2D eigenvalue weighted by atomic mass is 16.6. The number of amides is 1. The molecule has 4 nitrogen and oxygen atoms in total. The van der Waals surface area contributed by atoms with Crippen molar-refractivity contribution in [2.75, 3.05) is 6.61 Å². The van der Waals surface area contributed by atoms with Crippen LogP contribution < -0.4 is 5.32 Å².